The smallest absolute Gasteiger partial charge is 0.317 e. The molecule has 2 saturated heterocycles. The first-order chi connectivity index (χ1) is 12.2. The minimum Gasteiger partial charge on any atom is -0.497 e. The van der Waals surface area contributed by atoms with Crippen molar-refractivity contribution in [1.82, 2.24) is 10.2 Å². The number of anilines is 1. The highest BCUT2D eigenvalue weighted by atomic mass is 16.5. The highest BCUT2D eigenvalue weighted by molar-refractivity contribution is 5.74. The van der Waals surface area contributed by atoms with E-state index in [1.165, 1.54) is 5.69 Å². The normalized spacial score (nSPS) is 21.9. The molecule has 138 valence electrons. The fourth-order valence-corrected chi connectivity index (χ4v) is 3.74. The molecule has 1 aromatic rings. The number of hydrogen-bond donors (Lipinski definition) is 2. The van der Waals surface area contributed by atoms with E-state index < -0.39 is 0 Å². The third-order valence-electron chi connectivity index (χ3n) is 5.32. The van der Waals surface area contributed by atoms with Gasteiger partial charge in [-0.2, -0.15) is 0 Å². The summed E-state index contributed by atoms with van der Waals surface area (Å²) in [5.74, 6) is 1.10. The van der Waals surface area contributed by atoms with Crippen LogP contribution in [0.25, 0.3) is 0 Å². The van der Waals surface area contributed by atoms with Crippen LogP contribution in [0.5, 0.6) is 5.75 Å². The monoisotopic (exact) mass is 347 g/mol. The molecular formula is C19H29N3O3. The number of hydrogen-bond acceptors (Lipinski definition) is 4. The number of aliphatic hydroxyl groups is 1. The van der Waals surface area contributed by atoms with Gasteiger partial charge in [0.15, 0.2) is 0 Å². The third kappa shape index (κ3) is 4.57. The molecule has 1 atom stereocenters. The maximum Gasteiger partial charge on any atom is 0.317 e. The van der Waals surface area contributed by atoms with Gasteiger partial charge < -0.3 is 25.0 Å². The molecule has 0 aliphatic carbocycles. The first-order valence-corrected chi connectivity index (χ1v) is 9.25. The second-order valence-corrected chi connectivity index (χ2v) is 7.05. The largest absolute Gasteiger partial charge is 0.497 e. The van der Waals surface area contributed by atoms with Crippen molar-refractivity contribution in [2.75, 3.05) is 44.8 Å². The van der Waals surface area contributed by atoms with Crippen LogP contribution in [-0.4, -0.2) is 62.0 Å². The summed E-state index contributed by atoms with van der Waals surface area (Å²) in [6.45, 7) is 3.52. The predicted molar refractivity (Wildman–Crippen MR) is 98.1 cm³/mol. The van der Waals surface area contributed by atoms with Crippen molar-refractivity contribution in [3.8, 4) is 5.75 Å². The number of aliphatic hydroxyl groups excluding tert-OH is 1. The van der Waals surface area contributed by atoms with Gasteiger partial charge in [-0.25, -0.2) is 4.79 Å². The Morgan fingerprint density at radius 1 is 1.20 bits per heavy atom. The molecule has 2 N–H and O–H groups in total. The molecule has 25 heavy (non-hydrogen) atoms. The SMILES string of the molecule is COc1ccc(N2CCC(NC(=O)N3CCC[C@H](CO)C3)CC2)cc1. The lowest BCUT2D eigenvalue weighted by atomic mass is 9.99. The van der Waals surface area contributed by atoms with Crippen molar-refractivity contribution >= 4 is 11.7 Å². The van der Waals surface area contributed by atoms with E-state index in [0.29, 0.717) is 6.54 Å². The van der Waals surface area contributed by atoms with Gasteiger partial charge in [0.25, 0.3) is 0 Å². The van der Waals surface area contributed by atoms with Crippen molar-refractivity contribution < 1.29 is 14.6 Å². The van der Waals surface area contributed by atoms with Gasteiger partial charge in [0.1, 0.15) is 5.75 Å². The van der Waals surface area contributed by atoms with Gasteiger partial charge >= 0.3 is 6.03 Å². The van der Waals surface area contributed by atoms with Crippen molar-refractivity contribution in [2.45, 2.75) is 31.7 Å². The van der Waals surface area contributed by atoms with Crippen LogP contribution in [0.3, 0.4) is 0 Å². The van der Waals surface area contributed by atoms with Gasteiger partial charge in [-0.3, -0.25) is 0 Å². The number of likely N-dealkylation sites (tertiary alicyclic amines) is 1. The van der Waals surface area contributed by atoms with Gasteiger partial charge in [0.2, 0.25) is 0 Å². The molecule has 2 heterocycles. The number of carbonyl (C=O) groups is 1. The molecule has 0 aromatic heterocycles. The number of nitrogens with zero attached hydrogens (tertiary/aromatic N) is 2. The number of rotatable bonds is 4. The molecule has 2 fully saturated rings. The zero-order valence-corrected chi connectivity index (χ0v) is 15.0. The van der Waals surface area contributed by atoms with Crippen LogP contribution < -0.4 is 15.0 Å². The Kier molecular flexibility index (Phi) is 6.02. The summed E-state index contributed by atoms with van der Waals surface area (Å²) in [4.78, 5) is 16.7. The molecule has 0 bridgehead atoms. The third-order valence-corrected chi connectivity index (χ3v) is 5.32. The van der Waals surface area contributed by atoms with E-state index in [2.05, 4.69) is 22.3 Å². The van der Waals surface area contributed by atoms with Crippen LogP contribution >= 0.6 is 0 Å². The number of amides is 2. The van der Waals surface area contributed by atoms with Crippen LogP contribution in [0, 0.1) is 5.92 Å². The van der Waals surface area contributed by atoms with Gasteiger partial charge in [-0.15, -0.1) is 0 Å². The molecular weight excluding hydrogens is 318 g/mol. The molecule has 6 heteroatoms. The van der Waals surface area contributed by atoms with Gasteiger partial charge in [-0.1, -0.05) is 0 Å². The van der Waals surface area contributed by atoms with Crippen molar-refractivity contribution in [3.63, 3.8) is 0 Å². The topological polar surface area (TPSA) is 65.0 Å². The van der Waals surface area contributed by atoms with E-state index in [9.17, 15) is 9.90 Å². The number of piperidine rings is 2. The lowest BCUT2D eigenvalue weighted by Crippen LogP contribution is -2.51. The molecule has 1 aromatic carbocycles. The molecule has 6 nitrogen and oxygen atoms in total. The Hall–Kier alpha value is -1.95. The van der Waals surface area contributed by atoms with Crippen molar-refractivity contribution in [1.29, 1.82) is 0 Å². The summed E-state index contributed by atoms with van der Waals surface area (Å²) in [5.41, 5.74) is 1.20. The summed E-state index contributed by atoms with van der Waals surface area (Å²) in [7, 11) is 1.67. The summed E-state index contributed by atoms with van der Waals surface area (Å²) in [6, 6.07) is 8.40. The summed E-state index contributed by atoms with van der Waals surface area (Å²) < 4.78 is 5.20. The van der Waals surface area contributed by atoms with Gasteiger partial charge in [0, 0.05) is 44.5 Å². The molecule has 0 spiro atoms. The average Bonchev–Trinajstić information content (AvgIpc) is 2.68. The molecule has 0 unspecified atom stereocenters. The first kappa shape index (κ1) is 17.9. The highest BCUT2D eigenvalue weighted by Gasteiger charge is 2.26. The number of methoxy groups -OCH3 is 1. The Morgan fingerprint density at radius 2 is 1.92 bits per heavy atom. The molecule has 2 amide bonds. The molecule has 3 rings (SSSR count). The molecule has 2 aliphatic rings. The predicted octanol–water partition coefficient (Wildman–Crippen LogP) is 2.08. The maximum absolute atomic E-state index is 12.5. The Morgan fingerprint density at radius 3 is 2.56 bits per heavy atom. The zero-order valence-electron chi connectivity index (χ0n) is 15.0. The number of benzene rings is 1. The highest BCUT2D eigenvalue weighted by Crippen LogP contribution is 2.23. The number of urea groups is 1. The van der Waals surface area contributed by atoms with E-state index in [4.69, 9.17) is 4.74 Å². The molecule has 2 aliphatic heterocycles. The van der Waals surface area contributed by atoms with Crippen molar-refractivity contribution in [2.24, 2.45) is 5.92 Å². The minimum atomic E-state index is 0.0287. The lowest BCUT2D eigenvalue weighted by Gasteiger charge is -2.36. The second-order valence-electron chi connectivity index (χ2n) is 7.05. The maximum atomic E-state index is 12.5. The second kappa shape index (κ2) is 8.43. The van der Waals surface area contributed by atoms with Gasteiger partial charge in [-0.05, 0) is 55.9 Å². The standard InChI is InChI=1S/C19H29N3O3/c1-25-18-6-4-17(5-7-18)21-11-8-16(9-12-21)20-19(24)22-10-2-3-15(13-22)14-23/h4-7,15-16,23H,2-3,8-14H2,1H3,(H,20,24)/t15-/m0/s1. The van der Waals surface area contributed by atoms with Crippen LogP contribution in [0.15, 0.2) is 24.3 Å². The molecule has 0 radical (unpaired) electrons. The van der Waals surface area contributed by atoms with E-state index in [-0.39, 0.29) is 24.6 Å². The van der Waals surface area contributed by atoms with E-state index in [1.807, 2.05) is 17.0 Å². The van der Waals surface area contributed by atoms with Crippen molar-refractivity contribution in [3.05, 3.63) is 24.3 Å². The van der Waals surface area contributed by atoms with Crippen LogP contribution in [-0.2, 0) is 0 Å². The fraction of sp³-hybridized carbons (Fsp3) is 0.632. The average molecular weight is 347 g/mol. The lowest BCUT2D eigenvalue weighted by molar-refractivity contribution is 0.127. The Labute approximate surface area is 149 Å². The van der Waals surface area contributed by atoms with Gasteiger partial charge in [0.05, 0.1) is 7.11 Å². The van der Waals surface area contributed by atoms with Crippen LogP contribution in [0.2, 0.25) is 0 Å². The number of nitrogens with one attached hydrogen (secondary N) is 1. The Bertz CT molecular complexity index is 556. The minimum absolute atomic E-state index is 0.0287. The van der Waals surface area contributed by atoms with Crippen LogP contribution in [0.1, 0.15) is 25.7 Å². The summed E-state index contributed by atoms with van der Waals surface area (Å²) >= 11 is 0. The summed E-state index contributed by atoms with van der Waals surface area (Å²) in [5, 5.41) is 12.5. The molecule has 0 saturated carbocycles. The van der Waals surface area contributed by atoms with E-state index in [0.717, 1.165) is 51.1 Å². The zero-order chi connectivity index (χ0) is 17.6. The van der Waals surface area contributed by atoms with E-state index in [1.54, 1.807) is 7.11 Å². The van der Waals surface area contributed by atoms with E-state index >= 15 is 0 Å². The Balaban J connectivity index is 1.46. The number of ether oxygens (including phenoxy) is 1. The number of carbonyl (C=O) groups excluding carboxylic acids is 1. The first-order valence-electron chi connectivity index (χ1n) is 9.25. The fourth-order valence-electron chi connectivity index (χ4n) is 3.74. The van der Waals surface area contributed by atoms with Crippen LogP contribution in [0.4, 0.5) is 10.5 Å². The summed E-state index contributed by atoms with van der Waals surface area (Å²) in [6.07, 6.45) is 3.90. The quantitative estimate of drug-likeness (QED) is 0.875.